The molecule has 32 atom stereocenters. The second-order valence-electron chi connectivity index (χ2n) is 31.6. The third-order valence-corrected chi connectivity index (χ3v) is 22.7. The van der Waals surface area contributed by atoms with E-state index in [-0.39, 0.29) is 118 Å². The first-order valence-corrected chi connectivity index (χ1v) is 37.9. The highest BCUT2D eigenvalue weighted by Crippen LogP contribution is 2.42. The third kappa shape index (κ3) is 23.2. The molecule has 6 aliphatic rings. The number of aliphatic hydroxyl groups excluding tert-OH is 12. The number of hydrogen-bond donors (Lipinski definition) is 14. The lowest BCUT2D eigenvalue weighted by atomic mass is 9.77. The quantitative estimate of drug-likeness (QED) is 0.0858. The van der Waals surface area contributed by atoms with E-state index in [1.165, 1.54) is 37.3 Å². The lowest BCUT2D eigenvalue weighted by Crippen LogP contribution is -2.59. The number of rotatable bonds is 15. The molecule has 7 rings (SSSR count). The number of fused-ring (bicyclic) bond motifs is 4. The first-order valence-electron chi connectivity index (χ1n) is 37.9. The van der Waals surface area contributed by atoms with Crippen molar-refractivity contribution in [3.05, 3.63) is 58.7 Å². The van der Waals surface area contributed by atoms with E-state index >= 15 is 0 Å². The van der Waals surface area contributed by atoms with Crippen LogP contribution < -0.4 is 0 Å². The highest BCUT2D eigenvalue weighted by molar-refractivity contribution is 6.24. The number of Topliss-reactive ketones (excluding diaryl/α,β-unsaturated/α-hetero) is 2. The first kappa shape index (κ1) is 87.1. The van der Waals surface area contributed by atoms with Gasteiger partial charge in [-0.15, -0.1) is 0 Å². The second-order valence-corrected chi connectivity index (χ2v) is 31.6. The number of carbonyl (C=O) groups is 5. The van der Waals surface area contributed by atoms with Gasteiger partial charge in [-0.3, -0.25) is 19.2 Å². The number of epoxide rings is 1. The van der Waals surface area contributed by atoms with Gasteiger partial charge in [-0.1, -0.05) is 60.6 Å². The summed E-state index contributed by atoms with van der Waals surface area (Å²) in [5.74, 6) is -11.4. The van der Waals surface area contributed by atoms with E-state index in [1.807, 2.05) is 6.92 Å². The molecule has 4 fully saturated rings. The summed E-state index contributed by atoms with van der Waals surface area (Å²) in [6.45, 7) is 20.0. The Morgan fingerprint density at radius 1 is 0.654 bits per heavy atom. The number of carbonyl (C=O) groups excluding carboxylic acids is 5. The van der Waals surface area contributed by atoms with E-state index < -0.39 is 218 Å². The molecule has 1 aromatic carbocycles. The summed E-state index contributed by atoms with van der Waals surface area (Å²) in [6.07, 6.45) is -18.3. The SMILES string of the molecule is CCC(OC1CC(C)(O)C(OC2CCC(OC(=O)C(C)C(O)c3ccc4c(c3)C(=O)C=C(C)C4=O)C(C)O2)C(C)O1)C(C)C(O)C(C)C(O)C(C)C1OC(=O)C=CC(C)C(O)CC(O)CCCC(O)CCC(C)C(O)C(=O)C2(O)CC(O)CC(CC(O)CC(O)CC(O)CCCC(O)C3OC3C1C)O2. The van der Waals surface area contributed by atoms with Crippen molar-refractivity contribution in [3.63, 3.8) is 0 Å². The number of benzene rings is 1. The maximum atomic E-state index is 13.9. The number of cyclic esters (lactones) is 1. The summed E-state index contributed by atoms with van der Waals surface area (Å²) in [5, 5.41) is 158. The number of ether oxygens (including phenoxy) is 8. The summed E-state index contributed by atoms with van der Waals surface area (Å²) in [4.78, 5) is 66.2. The zero-order valence-electron chi connectivity index (χ0n) is 62.6. The van der Waals surface area contributed by atoms with E-state index in [2.05, 4.69) is 0 Å². The van der Waals surface area contributed by atoms with Crippen LogP contribution in [0.4, 0.5) is 0 Å². The van der Waals surface area contributed by atoms with Crippen LogP contribution in [0.15, 0.2) is 42.0 Å². The Hall–Kier alpha value is -4.15. The summed E-state index contributed by atoms with van der Waals surface area (Å²) >= 11 is 0. The number of esters is 2. The maximum Gasteiger partial charge on any atom is 0.330 e. The number of aliphatic hydroxyl groups is 14. The van der Waals surface area contributed by atoms with Gasteiger partial charge in [0, 0.05) is 71.6 Å². The molecule has 0 saturated carbocycles. The largest absolute Gasteiger partial charge is 0.459 e. The Morgan fingerprint density at radius 3 is 1.94 bits per heavy atom. The fourth-order valence-corrected chi connectivity index (χ4v) is 15.8. The van der Waals surface area contributed by atoms with E-state index in [0.29, 0.717) is 24.8 Å². The van der Waals surface area contributed by atoms with Crippen molar-refractivity contribution in [2.75, 3.05) is 0 Å². The molecule has 27 nitrogen and oxygen atoms in total. The summed E-state index contributed by atoms with van der Waals surface area (Å²) in [7, 11) is 0. The number of allylic oxidation sites excluding steroid dienone is 2. The molecule has 32 unspecified atom stereocenters. The van der Waals surface area contributed by atoms with Crippen molar-refractivity contribution >= 4 is 29.3 Å². The van der Waals surface area contributed by atoms with Gasteiger partial charge in [0.15, 0.2) is 24.1 Å². The van der Waals surface area contributed by atoms with Gasteiger partial charge in [-0.2, -0.15) is 0 Å². The van der Waals surface area contributed by atoms with E-state index in [9.17, 15) is 95.5 Å². The fourth-order valence-electron chi connectivity index (χ4n) is 15.8. The molecule has 5 aliphatic heterocycles. The molecule has 592 valence electrons. The van der Waals surface area contributed by atoms with Gasteiger partial charge in [0.2, 0.25) is 11.6 Å². The van der Waals surface area contributed by atoms with Crippen molar-refractivity contribution in [1.29, 1.82) is 0 Å². The zero-order chi connectivity index (χ0) is 77.1. The average Bonchev–Trinajstić information content (AvgIpc) is 1.12. The molecule has 0 radical (unpaired) electrons. The van der Waals surface area contributed by atoms with Crippen LogP contribution in [0.3, 0.4) is 0 Å². The van der Waals surface area contributed by atoms with Gasteiger partial charge < -0.3 is 109 Å². The lowest BCUT2D eigenvalue weighted by Gasteiger charge is -2.47. The minimum absolute atomic E-state index is 0.0502. The molecule has 2 bridgehead atoms. The zero-order valence-corrected chi connectivity index (χ0v) is 62.6. The molecule has 5 heterocycles. The highest BCUT2D eigenvalue weighted by Gasteiger charge is 2.54. The molecule has 14 N–H and O–H groups in total. The van der Waals surface area contributed by atoms with Crippen molar-refractivity contribution in [1.82, 2.24) is 0 Å². The van der Waals surface area contributed by atoms with E-state index in [4.69, 9.17) is 37.9 Å². The molecule has 0 aromatic heterocycles. The fraction of sp³-hybridized carbons (Fsp3) is 0.805. The Labute approximate surface area is 611 Å². The number of hydrogen-bond acceptors (Lipinski definition) is 27. The maximum absolute atomic E-state index is 13.9. The molecule has 104 heavy (non-hydrogen) atoms. The van der Waals surface area contributed by atoms with Crippen molar-refractivity contribution in [2.45, 2.75) is 351 Å². The van der Waals surface area contributed by atoms with Crippen LogP contribution in [0.5, 0.6) is 0 Å². The van der Waals surface area contributed by atoms with Crippen LogP contribution in [0.1, 0.15) is 231 Å². The smallest absolute Gasteiger partial charge is 0.330 e. The summed E-state index contributed by atoms with van der Waals surface area (Å²) in [5.41, 5.74) is -0.572. The monoisotopic (exact) mass is 1480 g/mol. The van der Waals surface area contributed by atoms with Crippen molar-refractivity contribution in [2.24, 2.45) is 41.4 Å². The molecule has 0 amide bonds. The van der Waals surface area contributed by atoms with E-state index in [0.717, 1.165) is 6.08 Å². The molecule has 1 aromatic rings. The van der Waals surface area contributed by atoms with Gasteiger partial charge in [0.25, 0.3) is 0 Å². The number of ketones is 3. The summed E-state index contributed by atoms with van der Waals surface area (Å²) < 4.78 is 49.3. The predicted octanol–water partition coefficient (Wildman–Crippen LogP) is 4.34. The minimum atomic E-state index is -2.58. The molecular weight excluding hydrogens is 1360 g/mol. The van der Waals surface area contributed by atoms with Gasteiger partial charge in [-0.25, -0.2) is 4.79 Å². The van der Waals surface area contributed by atoms with E-state index in [1.54, 1.807) is 69.2 Å². The van der Waals surface area contributed by atoms with Gasteiger partial charge in [0.05, 0.1) is 109 Å². The van der Waals surface area contributed by atoms with Gasteiger partial charge in [0.1, 0.15) is 30.5 Å². The Morgan fingerprint density at radius 2 is 1.28 bits per heavy atom. The first-order chi connectivity index (χ1) is 48.7. The predicted molar refractivity (Wildman–Crippen MR) is 374 cm³/mol. The molecule has 1 aliphatic carbocycles. The van der Waals surface area contributed by atoms with Crippen LogP contribution in [0, 0.1) is 41.4 Å². The van der Waals surface area contributed by atoms with Crippen LogP contribution in [-0.4, -0.2) is 247 Å². The highest BCUT2D eigenvalue weighted by atomic mass is 16.7. The van der Waals surface area contributed by atoms with Crippen molar-refractivity contribution < 1.29 is 133 Å². The molecule has 0 spiro atoms. The Bertz CT molecular complexity index is 3010. The van der Waals surface area contributed by atoms with Crippen LogP contribution in [-0.2, 0) is 52.3 Å². The Kier molecular flexibility index (Phi) is 32.2. The van der Waals surface area contributed by atoms with Crippen LogP contribution in [0.2, 0.25) is 0 Å². The lowest BCUT2D eigenvalue weighted by molar-refractivity contribution is -0.330. The summed E-state index contributed by atoms with van der Waals surface area (Å²) in [6, 6.07) is 4.40. The molecule has 4 saturated heterocycles. The normalized spacial score (nSPS) is 40.1. The van der Waals surface area contributed by atoms with Gasteiger partial charge in [-0.05, 0) is 161 Å². The van der Waals surface area contributed by atoms with Crippen molar-refractivity contribution in [3.8, 4) is 0 Å². The standard InChI is InChI=1S/C77H122O27/c1-13-60(99-64-36-76(12,95)74(46(11)98-64)102-63-27-25-61(45(10)97-63)100-75(94)43(8)69(92)47-22-24-55-56(29-47)59(86)28-39(4)65(55)88)40(5)67(90)41(6)68(91)42(7)70-44(9)71-72(103-71)57(84)19-15-18-49(79)30-51(81)31-52(82)32-54-33-53(83)35-77(96,104-54)73(93)66(89)38(3)20-23-48(78)16-14-17-50(80)34-58(85)37(2)21-26-62(87)101-70/h21-22,24,26,28-29,37-38,40-46,48-54,57-58,60-61,63-64,66-72,74,78-85,89-92,95-96H,13-20,23,25,27,30-36H2,1-12H3. The van der Waals surface area contributed by atoms with Crippen LogP contribution >= 0.6 is 0 Å². The molecular formula is C77H122O27. The van der Waals surface area contributed by atoms with Gasteiger partial charge >= 0.3 is 11.9 Å². The molecule has 27 heteroatoms. The average molecular weight is 1480 g/mol. The topological polar surface area (TPSA) is 446 Å². The Balaban J connectivity index is 0.945. The third-order valence-electron chi connectivity index (χ3n) is 22.7. The van der Waals surface area contributed by atoms with Crippen LogP contribution in [0.25, 0.3) is 0 Å². The minimum Gasteiger partial charge on any atom is -0.459 e. The second kappa shape index (κ2) is 38.5.